The Hall–Kier alpha value is -3.92. The van der Waals surface area contributed by atoms with Gasteiger partial charge in [-0.2, -0.15) is 5.26 Å². The van der Waals surface area contributed by atoms with Gasteiger partial charge in [0.1, 0.15) is 24.0 Å². The molecule has 2 aromatic carbocycles. The number of hydrogen-bond acceptors (Lipinski definition) is 6. The third kappa shape index (κ3) is 4.39. The molecule has 0 saturated carbocycles. The molecule has 0 atom stereocenters. The second-order valence-corrected chi connectivity index (χ2v) is 6.50. The van der Waals surface area contributed by atoms with E-state index in [0.29, 0.717) is 29.0 Å². The fourth-order valence-electron chi connectivity index (χ4n) is 2.99. The Bertz CT molecular complexity index is 1020. The fourth-order valence-corrected chi connectivity index (χ4v) is 2.99. The summed E-state index contributed by atoms with van der Waals surface area (Å²) in [5, 5.41) is 9.36. The van der Waals surface area contributed by atoms with E-state index in [2.05, 4.69) is 0 Å². The molecule has 7 nitrogen and oxygen atoms in total. The number of carbonyl (C=O) groups is 3. The van der Waals surface area contributed by atoms with Crippen LogP contribution in [0, 0.1) is 11.3 Å². The van der Waals surface area contributed by atoms with Crippen LogP contribution in [0.2, 0.25) is 0 Å². The van der Waals surface area contributed by atoms with Crippen molar-refractivity contribution in [2.45, 2.75) is 13.3 Å². The van der Waals surface area contributed by atoms with Crippen LogP contribution in [0.5, 0.6) is 5.75 Å². The predicted octanol–water partition coefficient (Wildman–Crippen LogP) is 3.22. The first kappa shape index (κ1) is 20.8. The van der Waals surface area contributed by atoms with Crippen molar-refractivity contribution in [1.29, 1.82) is 5.26 Å². The SMILES string of the molecule is CCCOc1ccccc1/C=C(\C#N)C(=O)OCCN1C(=O)c2ccccc2C1=O. The van der Waals surface area contributed by atoms with Gasteiger partial charge in [-0.3, -0.25) is 14.5 Å². The van der Waals surface area contributed by atoms with Crippen molar-refractivity contribution in [3.63, 3.8) is 0 Å². The van der Waals surface area contributed by atoms with Gasteiger partial charge in [0.2, 0.25) is 0 Å². The third-order valence-electron chi connectivity index (χ3n) is 4.45. The lowest BCUT2D eigenvalue weighted by Gasteiger charge is -2.13. The number of carbonyl (C=O) groups excluding carboxylic acids is 3. The summed E-state index contributed by atoms with van der Waals surface area (Å²) in [7, 11) is 0. The van der Waals surface area contributed by atoms with Gasteiger partial charge in [-0.1, -0.05) is 37.3 Å². The smallest absolute Gasteiger partial charge is 0.348 e. The Morgan fingerprint density at radius 2 is 1.67 bits per heavy atom. The minimum Gasteiger partial charge on any atom is -0.493 e. The number of imide groups is 1. The van der Waals surface area contributed by atoms with Crippen LogP contribution in [-0.2, 0) is 9.53 Å². The quantitative estimate of drug-likeness (QED) is 0.290. The number of para-hydroxylation sites is 1. The molecule has 0 radical (unpaired) electrons. The number of hydrogen-bond donors (Lipinski definition) is 0. The van der Waals surface area contributed by atoms with Gasteiger partial charge in [-0.05, 0) is 30.7 Å². The molecule has 7 heteroatoms. The van der Waals surface area contributed by atoms with Crippen LogP contribution in [0.15, 0.2) is 54.1 Å². The zero-order chi connectivity index (χ0) is 21.5. The molecule has 2 aromatic rings. The molecule has 0 aliphatic carbocycles. The summed E-state index contributed by atoms with van der Waals surface area (Å²) in [6, 6.07) is 15.4. The molecule has 3 rings (SSSR count). The molecule has 1 aliphatic heterocycles. The Morgan fingerprint density at radius 3 is 2.30 bits per heavy atom. The van der Waals surface area contributed by atoms with Crippen LogP contribution in [0.1, 0.15) is 39.6 Å². The number of amides is 2. The lowest BCUT2D eigenvalue weighted by atomic mass is 10.1. The number of rotatable bonds is 8. The Labute approximate surface area is 174 Å². The topological polar surface area (TPSA) is 96.7 Å². The van der Waals surface area contributed by atoms with E-state index in [1.54, 1.807) is 48.5 Å². The maximum absolute atomic E-state index is 12.3. The first-order chi connectivity index (χ1) is 14.6. The second kappa shape index (κ2) is 9.52. The van der Waals surface area contributed by atoms with E-state index >= 15 is 0 Å². The van der Waals surface area contributed by atoms with E-state index in [0.717, 1.165) is 11.3 Å². The molecule has 0 saturated heterocycles. The van der Waals surface area contributed by atoms with Crippen molar-refractivity contribution in [1.82, 2.24) is 4.90 Å². The van der Waals surface area contributed by atoms with E-state index in [1.165, 1.54) is 6.08 Å². The summed E-state index contributed by atoms with van der Waals surface area (Å²) in [6.07, 6.45) is 2.22. The maximum Gasteiger partial charge on any atom is 0.348 e. The highest BCUT2D eigenvalue weighted by atomic mass is 16.5. The molecule has 0 bridgehead atoms. The number of fused-ring (bicyclic) bond motifs is 1. The summed E-state index contributed by atoms with van der Waals surface area (Å²) in [5.74, 6) is -1.13. The molecular weight excluding hydrogens is 384 g/mol. The zero-order valence-electron chi connectivity index (χ0n) is 16.5. The van der Waals surface area contributed by atoms with E-state index in [4.69, 9.17) is 9.47 Å². The van der Waals surface area contributed by atoms with Crippen LogP contribution >= 0.6 is 0 Å². The van der Waals surface area contributed by atoms with Crippen LogP contribution in [0.4, 0.5) is 0 Å². The molecule has 1 heterocycles. The largest absolute Gasteiger partial charge is 0.493 e. The summed E-state index contributed by atoms with van der Waals surface area (Å²) < 4.78 is 10.8. The molecule has 0 unspecified atom stereocenters. The van der Waals surface area contributed by atoms with E-state index < -0.39 is 17.8 Å². The standard InChI is InChI=1S/C23H20N2O5/c1-2-12-29-20-10-6-3-7-16(20)14-17(15-24)23(28)30-13-11-25-21(26)18-8-4-5-9-19(18)22(25)27/h3-10,14H,2,11-13H2,1H3/b17-14+. The molecular formula is C23H20N2O5. The number of nitriles is 1. The summed E-state index contributed by atoms with van der Waals surface area (Å²) in [4.78, 5) is 38.0. The van der Waals surface area contributed by atoms with Gasteiger partial charge in [0.15, 0.2) is 0 Å². The number of benzene rings is 2. The van der Waals surface area contributed by atoms with Crippen LogP contribution in [0.3, 0.4) is 0 Å². The van der Waals surface area contributed by atoms with Crippen molar-refractivity contribution in [3.05, 3.63) is 70.8 Å². The van der Waals surface area contributed by atoms with E-state index in [-0.39, 0.29) is 18.7 Å². The Morgan fingerprint density at radius 1 is 1.03 bits per heavy atom. The summed E-state index contributed by atoms with van der Waals surface area (Å²) >= 11 is 0. The lowest BCUT2D eigenvalue weighted by Crippen LogP contribution is -2.33. The van der Waals surface area contributed by atoms with Crippen molar-refractivity contribution >= 4 is 23.9 Å². The van der Waals surface area contributed by atoms with E-state index in [9.17, 15) is 19.6 Å². The molecule has 152 valence electrons. The number of esters is 1. The molecule has 1 aliphatic rings. The first-order valence-corrected chi connectivity index (χ1v) is 9.52. The Kier molecular flexibility index (Phi) is 6.60. The van der Waals surface area contributed by atoms with E-state index in [1.807, 2.05) is 13.0 Å². The van der Waals surface area contributed by atoms with Gasteiger partial charge in [0.25, 0.3) is 11.8 Å². The fraction of sp³-hybridized carbons (Fsp3) is 0.217. The van der Waals surface area contributed by atoms with Gasteiger partial charge < -0.3 is 9.47 Å². The minimum absolute atomic E-state index is 0.0903. The highest BCUT2D eigenvalue weighted by Crippen LogP contribution is 2.23. The molecule has 0 fully saturated rings. The lowest BCUT2D eigenvalue weighted by molar-refractivity contribution is -0.138. The molecule has 0 N–H and O–H groups in total. The predicted molar refractivity (Wildman–Crippen MR) is 109 cm³/mol. The maximum atomic E-state index is 12.3. The van der Waals surface area contributed by atoms with Crippen molar-refractivity contribution in [3.8, 4) is 11.8 Å². The van der Waals surface area contributed by atoms with Gasteiger partial charge in [-0.15, -0.1) is 0 Å². The van der Waals surface area contributed by atoms with Crippen molar-refractivity contribution < 1.29 is 23.9 Å². The van der Waals surface area contributed by atoms with Gasteiger partial charge in [0.05, 0.1) is 24.3 Å². The van der Waals surface area contributed by atoms with Gasteiger partial charge >= 0.3 is 5.97 Å². The van der Waals surface area contributed by atoms with Crippen LogP contribution in [-0.4, -0.2) is 42.4 Å². The average molecular weight is 404 g/mol. The van der Waals surface area contributed by atoms with Gasteiger partial charge in [0, 0.05) is 5.56 Å². The second-order valence-electron chi connectivity index (χ2n) is 6.50. The Balaban J connectivity index is 1.63. The number of ether oxygens (including phenoxy) is 2. The first-order valence-electron chi connectivity index (χ1n) is 9.52. The van der Waals surface area contributed by atoms with Crippen molar-refractivity contribution in [2.75, 3.05) is 19.8 Å². The van der Waals surface area contributed by atoms with Crippen LogP contribution in [0.25, 0.3) is 6.08 Å². The zero-order valence-corrected chi connectivity index (χ0v) is 16.5. The summed E-state index contributed by atoms with van der Waals surface area (Å²) in [6.45, 7) is 2.19. The van der Waals surface area contributed by atoms with Crippen LogP contribution < -0.4 is 4.74 Å². The van der Waals surface area contributed by atoms with Crippen molar-refractivity contribution in [2.24, 2.45) is 0 Å². The molecule has 0 aromatic heterocycles. The molecule has 2 amide bonds. The monoisotopic (exact) mass is 404 g/mol. The normalized spacial score (nSPS) is 13.1. The average Bonchev–Trinajstić information content (AvgIpc) is 3.01. The molecule has 30 heavy (non-hydrogen) atoms. The summed E-state index contributed by atoms with van der Waals surface area (Å²) in [5.41, 5.74) is 1.04. The molecule has 0 spiro atoms. The minimum atomic E-state index is -0.834. The highest BCUT2D eigenvalue weighted by Gasteiger charge is 2.34. The third-order valence-corrected chi connectivity index (χ3v) is 4.45. The highest BCUT2D eigenvalue weighted by molar-refractivity contribution is 6.21. The van der Waals surface area contributed by atoms with Gasteiger partial charge in [-0.25, -0.2) is 4.79 Å². The number of nitrogens with zero attached hydrogens (tertiary/aromatic N) is 2.